The van der Waals surface area contributed by atoms with Gasteiger partial charge in [0.05, 0.1) is 0 Å². The number of fused-ring (bicyclic) bond motifs is 2. The van der Waals surface area contributed by atoms with E-state index in [4.69, 9.17) is 18.9 Å². The molecule has 0 bridgehead atoms. The van der Waals surface area contributed by atoms with Crippen LogP contribution >= 0.6 is 0 Å². The number of hydrogen-bond donors (Lipinski definition) is 1. The zero-order valence-electron chi connectivity index (χ0n) is 13.6. The molecule has 1 N–H and O–H groups in total. The Morgan fingerprint density at radius 3 is 2.17 bits per heavy atom. The van der Waals surface area contributed by atoms with Crippen molar-refractivity contribution in [2.75, 3.05) is 19.8 Å². The summed E-state index contributed by atoms with van der Waals surface area (Å²) in [5.74, 6) is 3.21. The molecule has 24 heavy (non-hydrogen) atoms. The predicted molar refractivity (Wildman–Crippen MR) is 90.2 cm³/mol. The maximum absolute atomic E-state index is 6.03. The zero-order chi connectivity index (χ0) is 16.4. The van der Waals surface area contributed by atoms with E-state index < -0.39 is 0 Å². The smallest absolute Gasteiger partial charge is 0.161 e. The van der Waals surface area contributed by atoms with Crippen LogP contribution in [0.15, 0.2) is 48.5 Å². The van der Waals surface area contributed by atoms with Crippen LogP contribution in [0.4, 0.5) is 0 Å². The molecule has 0 radical (unpaired) electrons. The van der Waals surface area contributed by atoms with Crippen molar-refractivity contribution in [1.29, 1.82) is 0 Å². The van der Waals surface area contributed by atoms with Crippen molar-refractivity contribution in [2.45, 2.75) is 25.2 Å². The van der Waals surface area contributed by atoms with E-state index in [1.807, 2.05) is 48.5 Å². The van der Waals surface area contributed by atoms with Gasteiger partial charge in [0.2, 0.25) is 0 Å². The van der Waals surface area contributed by atoms with Crippen molar-refractivity contribution in [2.24, 2.45) is 0 Å². The molecule has 126 valence electrons. The molecule has 5 heteroatoms. The van der Waals surface area contributed by atoms with E-state index >= 15 is 0 Å². The van der Waals surface area contributed by atoms with E-state index in [0.717, 1.165) is 23.0 Å². The van der Waals surface area contributed by atoms with Crippen LogP contribution in [0.25, 0.3) is 0 Å². The van der Waals surface area contributed by atoms with E-state index in [1.165, 1.54) is 0 Å². The molecule has 5 nitrogen and oxygen atoms in total. The monoisotopic (exact) mass is 327 g/mol. The van der Waals surface area contributed by atoms with Crippen LogP contribution < -0.4 is 24.3 Å². The molecule has 0 spiro atoms. The summed E-state index contributed by atoms with van der Waals surface area (Å²) in [7, 11) is 0. The lowest BCUT2D eigenvalue weighted by atomic mass is 10.1. The number of hydrogen-bond acceptors (Lipinski definition) is 5. The Morgan fingerprint density at radius 2 is 1.46 bits per heavy atom. The lowest BCUT2D eigenvalue weighted by Crippen LogP contribution is -2.50. The van der Waals surface area contributed by atoms with Crippen LogP contribution in [-0.2, 0) is 0 Å². The van der Waals surface area contributed by atoms with Gasteiger partial charge < -0.3 is 24.3 Å². The number of para-hydroxylation sites is 4. The van der Waals surface area contributed by atoms with Gasteiger partial charge in [0.25, 0.3) is 0 Å². The van der Waals surface area contributed by atoms with Crippen molar-refractivity contribution >= 4 is 0 Å². The summed E-state index contributed by atoms with van der Waals surface area (Å²) < 4.78 is 23.5. The van der Waals surface area contributed by atoms with Gasteiger partial charge in [-0.3, -0.25) is 0 Å². The summed E-state index contributed by atoms with van der Waals surface area (Å²) in [6.07, 6.45) is -0.0455. The average molecular weight is 327 g/mol. The molecule has 2 heterocycles. The van der Waals surface area contributed by atoms with Crippen LogP contribution in [0.3, 0.4) is 0 Å². The van der Waals surface area contributed by atoms with Gasteiger partial charge in [-0.05, 0) is 31.2 Å². The van der Waals surface area contributed by atoms with Gasteiger partial charge in [-0.15, -0.1) is 0 Å². The summed E-state index contributed by atoms with van der Waals surface area (Å²) in [6, 6.07) is 15.6. The van der Waals surface area contributed by atoms with E-state index in [0.29, 0.717) is 19.8 Å². The molecule has 4 rings (SSSR count). The fourth-order valence-electron chi connectivity index (χ4n) is 2.89. The maximum Gasteiger partial charge on any atom is 0.161 e. The standard InChI is InChI=1S/C19H21NO4/c1-13(19-12-22-16-7-3-5-9-18(16)24-19)20-10-14-11-21-15-6-2-4-8-17(15)23-14/h2-9,13-14,19-20H,10-12H2,1H3/t13-,14-,19-/m0/s1. The first kappa shape index (κ1) is 15.1. The second-order valence-electron chi connectivity index (χ2n) is 6.11. The minimum absolute atomic E-state index is 0.0147. The lowest BCUT2D eigenvalue weighted by molar-refractivity contribution is 0.0533. The summed E-state index contributed by atoms with van der Waals surface area (Å²) in [6.45, 7) is 3.87. The van der Waals surface area contributed by atoms with Crippen molar-refractivity contribution in [3.63, 3.8) is 0 Å². The molecule has 2 aliphatic rings. The number of rotatable bonds is 4. The SMILES string of the molecule is C[C@H](NC[C@H]1COc2ccccc2O1)[C@@H]1COc2ccccc2O1. The third-order valence-electron chi connectivity index (χ3n) is 4.32. The second kappa shape index (κ2) is 6.61. The molecule has 2 aromatic carbocycles. The highest BCUT2D eigenvalue weighted by Gasteiger charge is 2.27. The molecule has 2 aromatic rings. The molecular formula is C19H21NO4. The van der Waals surface area contributed by atoms with Crippen molar-refractivity contribution < 1.29 is 18.9 Å². The Hall–Kier alpha value is -2.40. The van der Waals surface area contributed by atoms with E-state index in [9.17, 15) is 0 Å². The molecule has 0 unspecified atom stereocenters. The molecule has 0 fully saturated rings. The lowest BCUT2D eigenvalue weighted by Gasteiger charge is -2.32. The number of nitrogens with one attached hydrogen (secondary N) is 1. The first-order chi connectivity index (χ1) is 11.8. The van der Waals surface area contributed by atoms with E-state index in [1.54, 1.807) is 0 Å². The Kier molecular flexibility index (Phi) is 4.17. The van der Waals surface area contributed by atoms with Crippen LogP contribution in [0, 0.1) is 0 Å². The van der Waals surface area contributed by atoms with Gasteiger partial charge in [-0.25, -0.2) is 0 Å². The van der Waals surface area contributed by atoms with Gasteiger partial charge in [0, 0.05) is 12.6 Å². The topological polar surface area (TPSA) is 49.0 Å². The highest BCUT2D eigenvalue weighted by molar-refractivity contribution is 5.41. The highest BCUT2D eigenvalue weighted by Crippen LogP contribution is 2.32. The summed E-state index contributed by atoms with van der Waals surface area (Å²) in [5, 5.41) is 3.47. The third-order valence-corrected chi connectivity index (χ3v) is 4.32. The number of ether oxygens (including phenoxy) is 4. The maximum atomic E-state index is 6.03. The molecule has 0 amide bonds. The first-order valence-electron chi connectivity index (χ1n) is 8.30. The quantitative estimate of drug-likeness (QED) is 0.935. The average Bonchev–Trinajstić information content (AvgIpc) is 2.65. The van der Waals surface area contributed by atoms with Gasteiger partial charge in [-0.2, -0.15) is 0 Å². The minimum atomic E-state index is -0.0308. The first-order valence-corrected chi connectivity index (χ1v) is 8.30. The summed E-state index contributed by atoms with van der Waals surface area (Å²) >= 11 is 0. The summed E-state index contributed by atoms with van der Waals surface area (Å²) in [4.78, 5) is 0. The second-order valence-corrected chi connectivity index (χ2v) is 6.11. The van der Waals surface area contributed by atoms with Crippen LogP contribution in [0.2, 0.25) is 0 Å². The van der Waals surface area contributed by atoms with Gasteiger partial charge in [0.15, 0.2) is 23.0 Å². The largest absolute Gasteiger partial charge is 0.486 e. The minimum Gasteiger partial charge on any atom is -0.486 e. The third kappa shape index (κ3) is 3.12. The normalized spacial score (nSPS) is 22.7. The molecule has 0 aliphatic carbocycles. The zero-order valence-corrected chi connectivity index (χ0v) is 13.6. The van der Waals surface area contributed by atoms with Crippen LogP contribution in [-0.4, -0.2) is 38.0 Å². The molecule has 3 atom stereocenters. The number of benzene rings is 2. The molecule has 0 aromatic heterocycles. The Morgan fingerprint density at radius 1 is 0.875 bits per heavy atom. The van der Waals surface area contributed by atoms with Crippen LogP contribution in [0.1, 0.15) is 6.92 Å². The molecule has 2 aliphatic heterocycles. The fourth-order valence-corrected chi connectivity index (χ4v) is 2.89. The van der Waals surface area contributed by atoms with Crippen LogP contribution in [0.5, 0.6) is 23.0 Å². The Bertz CT molecular complexity index is 705. The van der Waals surface area contributed by atoms with Gasteiger partial charge in [0.1, 0.15) is 25.4 Å². The van der Waals surface area contributed by atoms with Crippen molar-refractivity contribution in [3.05, 3.63) is 48.5 Å². The molecule has 0 saturated carbocycles. The van der Waals surface area contributed by atoms with Crippen molar-refractivity contribution in [3.8, 4) is 23.0 Å². The Labute approximate surface area is 141 Å². The highest BCUT2D eigenvalue weighted by atomic mass is 16.6. The van der Waals surface area contributed by atoms with E-state index in [2.05, 4.69) is 12.2 Å². The van der Waals surface area contributed by atoms with E-state index in [-0.39, 0.29) is 18.2 Å². The van der Waals surface area contributed by atoms with Gasteiger partial charge >= 0.3 is 0 Å². The van der Waals surface area contributed by atoms with Gasteiger partial charge in [-0.1, -0.05) is 24.3 Å². The fraction of sp³-hybridized carbons (Fsp3) is 0.368. The summed E-state index contributed by atoms with van der Waals surface area (Å²) in [5.41, 5.74) is 0. The molecular weight excluding hydrogens is 306 g/mol. The Balaban J connectivity index is 1.31. The predicted octanol–water partition coefficient (Wildman–Crippen LogP) is 2.64. The molecule has 0 saturated heterocycles. The van der Waals surface area contributed by atoms with Crippen molar-refractivity contribution in [1.82, 2.24) is 5.32 Å².